The molecule has 0 aromatic heterocycles. The second kappa shape index (κ2) is 10.7. The number of hydrogen-bond donors (Lipinski definition) is 0. The van der Waals surface area contributed by atoms with E-state index in [-0.39, 0.29) is 0 Å². The molecular weight excluding hydrogens is 288 g/mol. The maximum absolute atomic E-state index is 5.76. The van der Waals surface area contributed by atoms with Crippen molar-refractivity contribution in [2.24, 2.45) is 23.7 Å². The van der Waals surface area contributed by atoms with Crippen LogP contribution in [0.5, 0.6) is 0 Å². The summed E-state index contributed by atoms with van der Waals surface area (Å²) in [5.74, 6) is 1.47. The average Bonchev–Trinajstić information content (AvgIpc) is 2.89. The van der Waals surface area contributed by atoms with Gasteiger partial charge in [0.1, 0.15) is 0 Å². The Morgan fingerprint density at radius 2 is 1.30 bits per heavy atom. The molecule has 1 aliphatic carbocycles. The molecule has 138 valence electrons. The molecule has 1 aliphatic rings. The zero-order valence-corrected chi connectivity index (χ0v) is 16.4. The third kappa shape index (κ3) is 5.44. The lowest BCUT2D eigenvalue weighted by Crippen LogP contribution is -2.48. The van der Waals surface area contributed by atoms with Crippen LogP contribution in [0.25, 0.3) is 0 Å². The highest BCUT2D eigenvalue weighted by Crippen LogP contribution is 2.48. The van der Waals surface area contributed by atoms with Crippen LogP contribution in [-0.2, 0) is 14.2 Å². The molecule has 3 nitrogen and oxygen atoms in total. The zero-order valence-electron chi connectivity index (χ0n) is 16.4. The van der Waals surface area contributed by atoms with E-state index in [2.05, 4.69) is 20.8 Å². The Morgan fingerprint density at radius 1 is 0.826 bits per heavy atom. The van der Waals surface area contributed by atoms with E-state index < -0.39 is 5.97 Å². The molecule has 0 heterocycles. The molecule has 1 saturated carbocycles. The Kier molecular flexibility index (Phi) is 9.72. The monoisotopic (exact) mass is 328 g/mol. The van der Waals surface area contributed by atoms with Crippen LogP contribution >= 0.6 is 0 Å². The van der Waals surface area contributed by atoms with Gasteiger partial charge in [-0.2, -0.15) is 0 Å². The molecule has 1 fully saturated rings. The van der Waals surface area contributed by atoms with Gasteiger partial charge in [0.25, 0.3) is 5.97 Å². The highest BCUT2D eigenvalue weighted by Gasteiger charge is 2.49. The SMILES string of the molecule is CCCCCCCCC(C1C(C)CCC1C)C(OC)(OC)OC. The van der Waals surface area contributed by atoms with Crippen LogP contribution in [0.4, 0.5) is 0 Å². The molecular formula is C20H40O3. The van der Waals surface area contributed by atoms with E-state index in [0.29, 0.717) is 11.8 Å². The van der Waals surface area contributed by atoms with Gasteiger partial charge < -0.3 is 14.2 Å². The maximum atomic E-state index is 5.76. The van der Waals surface area contributed by atoms with Gasteiger partial charge in [0.05, 0.1) is 0 Å². The van der Waals surface area contributed by atoms with Crippen molar-refractivity contribution in [1.29, 1.82) is 0 Å². The molecule has 0 amide bonds. The first kappa shape index (κ1) is 20.9. The summed E-state index contributed by atoms with van der Waals surface area (Å²) in [5, 5.41) is 0. The van der Waals surface area contributed by atoms with Crippen LogP contribution in [0.15, 0.2) is 0 Å². The van der Waals surface area contributed by atoms with Crippen LogP contribution in [0.2, 0.25) is 0 Å². The summed E-state index contributed by atoms with van der Waals surface area (Å²) in [6.07, 6.45) is 11.7. The molecule has 0 aromatic carbocycles. The number of rotatable bonds is 12. The highest BCUT2D eigenvalue weighted by atomic mass is 16.9. The molecule has 0 bridgehead atoms. The zero-order chi connectivity index (χ0) is 17.3. The van der Waals surface area contributed by atoms with Crippen molar-refractivity contribution in [3.05, 3.63) is 0 Å². The topological polar surface area (TPSA) is 27.7 Å². The number of ether oxygens (including phenoxy) is 3. The van der Waals surface area contributed by atoms with Gasteiger partial charge in [0.15, 0.2) is 0 Å². The van der Waals surface area contributed by atoms with E-state index in [0.717, 1.165) is 18.3 Å². The highest BCUT2D eigenvalue weighted by molar-refractivity contribution is 4.89. The molecule has 0 radical (unpaired) electrons. The summed E-state index contributed by atoms with van der Waals surface area (Å²) in [7, 11) is 5.14. The van der Waals surface area contributed by atoms with Crippen molar-refractivity contribution in [2.75, 3.05) is 21.3 Å². The van der Waals surface area contributed by atoms with E-state index in [1.54, 1.807) is 21.3 Å². The Morgan fingerprint density at radius 3 is 1.78 bits per heavy atom. The molecule has 0 saturated heterocycles. The maximum Gasteiger partial charge on any atom is 0.285 e. The van der Waals surface area contributed by atoms with Crippen molar-refractivity contribution in [1.82, 2.24) is 0 Å². The van der Waals surface area contributed by atoms with Gasteiger partial charge in [-0.15, -0.1) is 0 Å². The average molecular weight is 329 g/mol. The Bertz CT molecular complexity index is 283. The summed E-state index contributed by atoms with van der Waals surface area (Å²) < 4.78 is 17.3. The third-order valence-electron chi connectivity index (χ3n) is 6.03. The minimum absolute atomic E-state index is 0.307. The summed E-state index contributed by atoms with van der Waals surface area (Å²) in [6.45, 7) is 7.03. The van der Waals surface area contributed by atoms with Crippen molar-refractivity contribution in [3.63, 3.8) is 0 Å². The third-order valence-corrected chi connectivity index (χ3v) is 6.03. The number of methoxy groups -OCH3 is 3. The Balaban J connectivity index is 2.72. The molecule has 3 atom stereocenters. The summed E-state index contributed by atoms with van der Waals surface area (Å²) >= 11 is 0. The largest absolute Gasteiger partial charge is 0.331 e. The molecule has 1 rings (SSSR count). The van der Waals surface area contributed by atoms with E-state index in [1.165, 1.54) is 51.4 Å². The predicted octanol–water partition coefficient (Wildman–Crippen LogP) is 5.63. The minimum Gasteiger partial charge on any atom is -0.331 e. The first-order valence-electron chi connectivity index (χ1n) is 9.71. The van der Waals surface area contributed by atoms with Crippen LogP contribution in [0, 0.1) is 23.7 Å². The standard InChI is InChI=1S/C20H40O3/c1-7-8-9-10-11-12-13-18(20(21-4,22-5)23-6)19-16(2)14-15-17(19)3/h16-19H,7-15H2,1-6H3. The van der Waals surface area contributed by atoms with E-state index in [1.807, 2.05) is 0 Å². The Labute approximate surface area is 144 Å². The first-order chi connectivity index (χ1) is 11.1. The van der Waals surface area contributed by atoms with E-state index >= 15 is 0 Å². The molecule has 0 N–H and O–H groups in total. The van der Waals surface area contributed by atoms with Gasteiger partial charge in [0.2, 0.25) is 0 Å². The van der Waals surface area contributed by atoms with Crippen LogP contribution < -0.4 is 0 Å². The molecule has 0 aliphatic heterocycles. The van der Waals surface area contributed by atoms with Gasteiger partial charge in [-0.1, -0.05) is 72.1 Å². The van der Waals surface area contributed by atoms with Crippen LogP contribution in [0.1, 0.15) is 78.6 Å². The fourth-order valence-corrected chi connectivity index (χ4v) is 4.72. The second-order valence-electron chi connectivity index (χ2n) is 7.49. The van der Waals surface area contributed by atoms with Crippen molar-refractivity contribution in [3.8, 4) is 0 Å². The van der Waals surface area contributed by atoms with Crippen LogP contribution in [-0.4, -0.2) is 27.3 Å². The molecule has 23 heavy (non-hydrogen) atoms. The van der Waals surface area contributed by atoms with Gasteiger partial charge in [0, 0.05) is 27.2 Å². The predicted molar refractivity (Wildman–Crippen MR) is 96.3 cm³/mol. The molecule has 0 aromatic rings. The smallest absolute Gasteiger partial charge is 0.285 e. The number of unbranched alkanes of at least 4 members (excludes halogenated alkanes) is 5. The van der Waals surface area contributed by atoms with Gasteiger partial charge in [-0.25, -0.2) is 0 Å². The van der Waals surface area contributed by atoms with Crippen molar-refractivity contribution < 1.29 is 14.2 Å². The lowest BCUT2D eigenvalue weighted by molar-refractivity contribution is -0.388. The first-order valence-corrected chi connectivity index (χ1v) is 9.71. The van der Waals surface area contributed by atoms with Gasteiger partial charge in [-0.3, -0.25) is 0 Å². The van der Waals surface area contributed by atoms with Gasteiger partial charge >= 0.3 is 0 Å². The minimum atomic E-state index is -0.888. The Hall–Kier alpha value is -0.120. The van der Waals surface area contributed by atoms with E-state index in [9.17, 15) is 0 Å². The molecule has 3 unspecified atom stereocenters. The van der Waals surface area contributed by atoms with Gasteiger partial charge in [-0.05, 0) is 24.2 Å². The molecule has 3 heteroatoms. The fraction of sp³-hybridized carbons (Fsp3) is 1.00. The lowest BCUT2D eigenvalue weighted by atomic mass is 9.76. The van der Waals surface area contributed by atoms with Crippen molar-refractivity contribution in [2.45, 2.75) is 84.5 Å². The van der Waals surface area contributed by atoms with Crippen LogP contribution in [0.3, 0.4) is 0 Å². The lowest BCUT2D eigenvalue weighted by Gasteiger charge is -2.42. The normalized spacial score (nSPS) is 26.6. The fourth-order valence-electron chi connectivity index (χ4n) is 4.72. The van der Waals surface area contributed by atoms with E-state index in [4.69, 9.17) is 14.2 Å². The molecule has 0 spiro atoms. The van der Waals surface area contributed by atoms with Crippen molar-refractivity contribution >= 4 is 0 Å². The summed E-state index contributed by atoms with van der Waals surface area (Å²) in [5.41, 5.74) is 0. The second-order valence-corrected chi connectivity index (χ2v) is 7.49. The summed E-state index contributed by atoms with van der Waals surface area (Å²) in [4.78, 5) is 0. The summed E-state index contributed by atoms with van der Waals surface area (Å²) in [6, 6.07) is 0. The number of hydrogen-bond acceptors (Lipinski definition) is 3. The quantitative estimate of drug-likeness (QED) is 0.343.